The van der Waals surface area contributed by atoms with Crippen LogP contribution in [0.4, 0.5) is 11.4 Å². The fourth-order valence-electron chi connectivity index (χ4n) is 1.66. The van der Waals surface area contributed by atoms with Crippen molar-refractivity contribution in [3.05, 3.63) is 51.0 Å². The normalized spacial score (nSPS) is 11.2. The Balaban J connectivity index is 2.32. The van der Waals surface area contributed by atoms with Crippen molar-refractivity contribution in [1.29, 1.82) is 0 Å². The first kappa shape index (κ1) is 12.5. The number of hydrogen-bond acceptors (Lipinski definition) is 5. The fraction of sp³-hybridized carbons (Fsp3) is 0.250. The Hall–Kier alpha value is -1.95. The van der Waals surface area contributed by atoms with E-state index >= 15 is 0 Å². The molecule has 0 aliphatic rings. The van der Waals surface area contributed by atoms with Gasteiger partial charge in [-0.2, -0.15) is 0 Å². The van der Waals surface area contributed by atoms with Gasteiger partial charge in [0.05, 0.1) is 10.5 Å². The molecule has 0 bridgehead atoms. The maximum atomic E-state index is 10.9. The molecule has 2 rings (SSSR count). The molecule has 18 heavy (non-hydrogen) atoms. The first-order valence-corrected chi connectivity index (χ1v) is 6.30. The fourth-order valence-corrected chi connectivity index (χ4v) is 2.38. The molecule has 0 spiro atoms. The Kier molecular flexibility index (Phi) is 3.29. The highest BCUT2D eigenvalue weighted by atomic mass is 32.1. The van der Waals surface area contributed by atoms with Gasteiger partial charge in [-0.25, -0.2) is 4.98 Å². The number of hydrogen-bond donors (Lipinski definition) is 1. The molecule has 94 valence electrons. The number of nitro benzene ring substituents is 1. The summed E-state index contributed by atoms with van der Waals surface area (Å²) in [6.45, 7) is 3.89. The SMILES string of the molecule is CC(C)(Nc1ccccc1[N+](=O)[O-])c1nccs1. The first-order chi connectivity index (χ1) is 8.50. The highest BCUT2D eigenvalue weighted by molar-refractivity contribution is 7.09. The van der Waals surface area contributed by atoms with Crippen LogP contribution in [0.5, 0.6) is 0 Å². The summed E-state index contributed by atoms with van der Waals surface area (Å²) in [5.41, 5.74) is 0.130. The molecule has 2 aromatic rings. The third-order valence-electron chi connectivity index (χ3n) is 2.51. The van der Waals surface area contributed by atoms with E-state index in [9.17, 15) is 10.1 Å². The Bertz CT molecular complexity index is 552. The first-order valence-electron chi connectivity index (χ1n) is 5.42. The molecule has 1 aromatic heterocycles. The lowest BCUT2D eigenvalue weighted by atomic mass is 10.1. The minimum atomic E-state index is -0.444. The van der Waals surface area contributed by atoms with Crippen molar-refractivity contribution in [1.82, 2.24) is 4.98 Å². The number of para-hydroxylation sites is 2. The summed E-state index contributed by atoms with van der Waals surface area (Å²) in [5.74, 6) is 0. The van der Waals surface area contributed by atoms with Crippen LogP contribution in [0, 0.1) is 10.1 Å². The van der Waals surface area contributed by atoms with E-state index in [2.05, 4.69) is 10.3 Å². The minimum Gasteiger partial charge on any atom is -0.368 e. The summed E-state index contributed by atoms with van der Waals surface area (Å²) in [7, 11) is 0. The molecule has 0 radical (unpaired) electrons. The van der Waals surface area contributed by atoms with Crippen LogP contribution in [0.25, 0.3) is 0 Å². The topological polar surface area (TPSA) is 68.1 Å². The quantitative estimate of drug-likeness (QED) is 0.678. The number of nitrogens with one attached hydrogen (secondary N) is 1. The van der Waals surface area contributed by atoms with Gasteiger partial charge in [-0.1, -0.05) is 12.1 Å². The number of benzene rings is 1. The van der Waals surface area contributed by atoms with E-state index in [4.69, 9.17) is 0 Å². The maximum absolute atomic E-state index is 10.9. The van der Waals surface area contributed by atoms with Gasteiger partial charge >= 0.3 is 0 Å². The molecule has 0 aliphatic carbocycles. The predicted molar refractivity (Wildman–Crippen MR) is 71.9 cm³/mol. The van der Waals surface area contributed by atoms with Gasteiger partial charge in [0.25, 0.3) is 5.69 Å². The molecule has 0 aliphatic heterocycles. The molecule has 1 heterocycles. The third-order valence-corrected chi connectivity index (χ3v) is 3.61. The third kappa shape index (κ3) is 2.48. The number of anilines is 1. The second-order valence-electron chi connectivity index (χ2n) is 4.36. The van der Waals surface area contributed by atoms with E-state index in [1.165, 1.54) is 17.4 Å². The van der Waals surface area contributed by atoms with Crippen LogP contribution < -0.4 is 5.32 Å². The van der Waals surface area contributed by atoms with Gasteiger partial charge in [-0.05, 0) is 19.9 Å². The van der Waals surface area contributed by atoms with E-state index in [0.29, 0.717) is 5.69 Å². The zero-order chi connectivity index (χ0) is 13.2. The zero-order valence-corrected chi connectivity index (χ0v) is 10.9. The van der Waals surface area contributed by atoms with Gasteiger partial charge in [-0.3, -0.25) is 10.1 Å². The highest BCUT2D eigenvalue weighted by Gasteiger charge is 2.26. The lowest BCUT2D eigenvalue weighted by molar-refractivity contribution is -0.384. The molecular formula is C12H13N3O2S. The van der Waals surface area contributed by atoms with Crippen molar-refractivity contribution in [3.8, 4) is 0 Å². The number of rotatable bonds is 4. The summed E-state index contributed by atoms with van der Waals surface area (Å²) < 4.78 is 0. The van der Waals surface area contributed by atoms with Crippen molar-refractivity contribution in [2.75, 3.05) is 5.32 Å². The maximum Gasteiger partial charge on any atom is 0.292 e. The Morgan fingerprint density at radius 2 is 2.11 bits per heavy atom. The van der Waals surface area contributed by atoms with Crippen molar-refractivity contribution < 1.29 is 4.92 Å². The lowest BCUT2D eigenvalue weighted by Gasteiger charge is -2.24. The molecule has 0 unspecified atom stereocenters. The van der Waals surface area contributed by atoms with E-state index in [1.807, 2.05) is 19.2 Å². The van der Waals surface area contributed by atoms with Crippen molar-refractivity contribution in [2.24, 2.45) is 0 Å². The molecule has 5 nitrogen and oxygen atoms in total. The second kappa shape index (κ2) is 4.73. The van der Waals surface area contributed by atoms with Crippen LogP contribution in [0.3, 0.4) is 0 Å². The average Bonchev–Trinajstić information content (AvgIpc) is 2.83. The number of thiazole rings is 1. The van der Waals surface area contributed by atoms with Gasteiger partial charge < -0.3 is 5.32 Å². The Morgan fingerprint density at radius 3 is 2.72 bits per heavy atom. The lowest BCUT2D eigenvalue weighted by Crippen LogP contribution is -2.28. The summed E-state index contributed by atoms with van der Waals surface area (Å²) in [5, 5.41) is 16.9. The van der Waals surface area contributed by atoms with Gasteiger partial charge in [0, 0.05) is 17.6 Å². The van der Waals surface area contributed by atoms with Crippen molar-refractivity contribution in [3.63, 3.8) is 0 Å². The minimum absolute atomic E-state index is 0.0714. The van der Waals surface area contributed by atoms with Crippen LogP contribution >= 0.6 is 11.3 Å². The molecule has 0 fully saturated rings. The van der Waals surface area contributed by atoms with Gasteiger partial charge in [-0.15, -0.1) is 11.3 Å². The molecule has 0 saturated heterocycles. The highest BCUT2D eigenvalue weighted by Crippen LogP contribution is 2.31. The van der Waals surface area contributed by atoms with Gasteiger partial charge in [0.2, 0.25) is 0 Å². The van der Waals surface area contributed by atoms with Crippen LogP contribution in [0.15, 0.2) is 35.8 Å². The van der Waals surface area contributed by atoms with Gasteiger partial charge in [0.15, 0.2) is 0 Å². The zero-order valence-electron chi connectivity index (χ0n) is 10.1. The average molecular weight is 263 g/mol. The monoisotopic (exact) mass is 263 g/mol. The second-order valence-corrected chi connectivity index (χ2v) is 5.26. The summed E-state index contributed by atoms with van der Waals surface area (Å²) in [4.78, 5) is 14.8. The summed E-state index contributed by atoms with van der Waals surface area (Å²) >= 11 is 1.52. The molecule has 0 amide bonds. The van der Waals surface area contributed by atoms with Crippen LogP contribution in [-0.4, -0.2) is 9.91 Å². The number of nitro groups is 1. The summed E-state index contributed by atoms with van der Waals surface area (Å²) in [6, 6.07) is 6.61. The molecular weight excluding hydrogens is 250 g/mol. The van der Waals surface area contributed by atoms with E-state index in [0.717, 1.165) is 5.01 Å². The van der Waals surface area contributed by atoms with E-state index in [1.54, 1.807) is 24.4 Å². The van der Waals surface area contributed by atoms with Gasteiger partial charge in [0.1, 0.15) is 10.7 Å². The molecule has 0 saturated carbocycles. The van der Waals surface area contributed by atoms with Crippen LogP contribution in [0.1, 0.15) is 18.9 Å². The Morgan fingerprint density at radius 1 is 1.39 bits per heavy atom. The van der Waals surface area contributed by atoms with Crippen LogP contribution in [0.2, 0.25) is 0 Å². The Labute approximate surface area is 109 Å². The molecule has 0 atom stereocenters. The smallest absolute Gasteiger partial charge is 0.292 e. The summed E-state index contributed by atoms with van der Waals surface area (Å²) in [6.07, 6.45) is 1.73. The largest absolute Gasteiger partial charge is 0.368 e. The van der Waals surface area contributed by atoms with E-state index < -0.39 is 5.54 Å². The molecule has 1 N–H and O–H groups in total. The van der Waals surface area contributed by atoms with Crippen molar-refractivity contribution >= 4 is 22.7 Å². The predicted octanol–water partition coefficient (Wildman–Crippen LogP) is 3.40. The standard InChI is InChI=1S/C12H13N3O2S/c1-12(2,11-13-7-8-18-11)14-9-5-3-4-6-10(9)15(16)17/h3-8,14H,1-2H3. The van der Waals surface area contributed by atoms with E-state index in [-0.39, 0.29) is 10.6 Å². The molecule has 6 heteroatoms. The van der Waals surface area contributed by atoms with Crippen LogP contribution in [-0.2, 0) is 5.54 Å². The molecule has 1 aromatic carbocycles. The number of nitrogens with zero attached hydrogens (tertiary/aromatic N) is 2. The van der Waals surface area contributed by atoms with Crippen molar-refractivity contribution in [2.45, 2.75) is 19.4 Å². The number of aromatic nitrogens is 1.